The molecular weight excluding hydrogens is 340 g/mol. The second-order valence-electron chi connectivity index (χ2n) is 9.64. The van der Waals surface area contributed by atoms with E-state index in [4.69, 9.17) is 0 Å². The Morgan fingerprint density at radius 2 is 1.79 bits per heavy atom. The summed E-state index contributed by atoms with van der Waals surface area (Å²) < 4.78 is 0. The highest BCUT2D eigenvalue weighted by Crippen LogP contribution is 2.58. The van der Waals surface area contributed by atoms with Crippen molar-refractivity contribution in [3.05, 3.63) is 81.0 Å². The smallest absolute Gasteiger partial charge is 0.152 e. The molecule has 0 radical (unpaired) electrons. The molecule has 0 bridgehead atoms. The van der Waals surface area contributed by atoms with Crippen molar-refractivity contribution < 1.29 is 4.79 Å². The minimum absolute atomic E-state index is 0.0273. The highest BCUT2D eigenvalue weighted by Gasteiger charge is 2.50. The van der Waals surface area contributed by atoms with E-state index in [0.29, 0.717) is 17.6 Å². The molecule has 2 aromatic rings. The minimum Gasteiger partial charge on any atom is -0.298 e. The number of aryl methyl sites for hydroxylation is 2. The zero-order chi connectivity index (χ0) is 18.7. The third-order valence-electron chi connectivity index (χ3n) is 8.23. The van der Waals surface area contributed by atoms with Crippen LogP contribution < -0.4 is 0 Å². The molecule has 1 nitrogen and oxygen atoms in total. The number of carbonyl (C=O) groups excluding carboxylic acids is 1. The van der Waals surface area contributed by atoms with Crippen molar-refractivity contribution in [3.63, 3.8) is 0 Å². The lowest BCUT2D eigenvalue weighted by atomic mass is 9.58. The summed E-state index contributed by atoms with van der Waals surface area (Å²) in [5, 5.41) is 2.89. The first-order valence-corrected chi connectivity index (χ1v) is 10.8. The summed E-state index contributed by atoms with van der Waals surface area (Å²) in [6.45, 7) is 4.55. The van der Waals surface area contributed by atoms with Gasteiger partial charge in [0.25, 0.3) is 0 Å². The van der Waals surface area contributed by atoms with Gasteiger partial charge in [0.2, 0.25) is 0 Å². The van der Waals surface area contributed by atoms with E-state index in [1.807, 2.05) is 0 Å². The Balaban J connectivity index is 1.67. The molecule has 4 atom stereocenters. The average molecular weight is 364 g/mol. The van der Waals surface area contributed by atoms with E-state index in [2.05, 4.69) is 50.3 Å². The number of hydrogen-bond acceptors (Lipinski definition) is 1. The number of ketones is 1. The van der Waals surface area contributed by atoms with Crippen LogP contribution in [0, 0.1) is 25.7 Å². The van der Waals surface area contributed by atoms with Crippen LogP contribution in [0.15, 0.2) is 47.6 Å². The standard InChI is InChI=1S/C27H24O/c1-13-9-17-11-15-5-3-7-19(15)24-22(17)26-21(13)14(2)10-18-12-16-6-4-8-20(16)25(23(18)26)27(24)28/h3-4,7-10,15,19,24-25H,5-6,11-12H2,1-2H3. The van der Waals surface area contributed by atoms with E-state index in [-0.39, 0.29) is 11.8 Å². The number of hydrogen-bond donors (Lipinski definition) is 0. The van der Waals surface area contributed by atoms with Crippen molar-refractivity contribution in [3.8, 4) is 0 Å². The maximum atomic E-state index is 14.1. The first-order valence-electron chi connectivity index (χ1n) is 10.8. The molecule has 0 aliphatic heterocycles. The van der Waals surface area contributed by atoms with Crippen LogP contribution in [0.25, 0.3) is 10.8 Å². The predicted molar refractivity (Wildman–Crippen MR) is 113 cm³/mol. The Labute approximate surface area is 165 Å². The molecule has 1 heteroatoms. The summed E-state index contributed by atoms with van der Waals surface area (Å²) in [6.07, 6.45) is 13.5. The van der Waals surface area contributed by atoms with Gasteiger partial charge in [0.1, 0.15) is 0 Å². The maximum absolute atomic E-state index is 14.1. The Morgan fingerprint density at radius 3 is 2.64 bits per heavy atom. The van der Waals surface area contributed by atoms with Crippen molar-refractivity contribution in [1.29, 1.82) is 0 Å². The average Bonchev–Trinajstić information content (AvgIpc) is 3.31. The summed E-state index contributed by atoms with van der Waals surface area (Å²) in [7, 11) is 0. The highest BCUT2D eigenvalue weighted by molar-refractivity contribution is 6.10. The molecule has 0 aromatic heterocycles. The summed E-state index contributed by atoms with van der Waals surface area (Å²) in [5.41, 5.74) is 11.2. The molecule has 0 heterocycles. The van der Waals surface area contributed by atoms with E-state index in [0.717, 1.165) is 25.7 Å². The highest BCUT2D eigenvalue weighted by atomic mass is 16.1. The number of fused-ring (bicyclic) bond motifs is 3. The largest absolute Gasteiger partial charge is 0.298 e. The van der Waals surface area contributed by atoms with Gasteiger partial charge in [0, 0.05) is 0 Å². The molecule has 0 spiro atoms. The van der Waals surface area contributed by atoms with Gasteiger partial charge >= 0.3 is 0 Å². The molecule has 28 heavy (non-hydrogen) atoms. The van der Waals surface area contributed by atoms with E-state index >= 15 is 0 Å². The molecule has 0 saturated carbocycles. The van der Waals surface area contributed by atoms with Crippen LogP contribution in [0.4, 0.5) is 0 Å². The molecule has 0 N–H and O–H groups in total. The Kier molecular flexibility index (Phi) is 2.74. The van der Waals surface area contributed by atoms with Crippen molar-refractivity contribution in [2.45, 2.75) is 51.4 Å². The number of benzene rings is 2. The van der Waals surface area contributed by atoms with E-state index in [9.17, 15) is 4.79 Å². The Morgan fingerprint density at radius 1 is 0.964 bits per heavy atom. The monoisotopic (exact) mass is 364 g/mol. The van der Waals surface area contributed by atoms with E-state index in [1.54, 1.807) is 0 Å². The van der Waals surface area contributed by atoms with Gasteiger partial charge in [-0.05, 0) is 101 Å². The lowest BCUT2D eigenvalue weighted by molar-refractivity contribution is -0.122. The van der Waals surface area contributed by atoms with Gasteiger partial charge < -0.3 is 0 Å². The molecule has 5 aliphatic rings. The van der Waals surface area contributed by atoms with Gasteiger partial charge in [-0.15, -0.1) is 0 Å². The van der Waals surface area contributed by atoms with Crippen LogP contribution in [-0.4, -0.2) is 5.78 Å². The fraction of sp³-hybridized carbons (Fsp3) is 0.370. The molecular formula is C27H24O. The molecule has 0 amide bonds. The van der Waals surface area contributed by atoms with Crippen LogP contribution in [0.2, 0.25) is 0 Å². The van der Waals surface area contributed by atoms with E-state index < -0.39 is 0 Å². The van der Waals surface area contributed by atoms with Gasteiger partial charge in [0.15, 0.2) is 5.78 Å². The van der Waals surface area contributed by atoms with E-state index in [1.165, 1.54) is 55.3 Å². The zero-order valence-corrected chi connectivity index (χ0v) is 16.5. The molecule has 138 valence electrons. The summed E-state index contributed by atoms with van der Waals surface area (Å²) in [4.78, 5) is 14.1. The van der Waals surface area contributed by atoms with Gasteiger partial charge in [-0.2, -0.15) is 0 Å². The lowest BCUT2D eigenvalue weighted by Crippen LogP contribution is -2.38. The number of allylic oxidation sites excluding steroid dienone is 6. The molecule has 2 aromatic carbocycles. The SMILES string of the molecule is Cc1cc2c3c4c5c(cc(C)c14)CC1CC=CC1C5C(=O)C3C1=C(CC=C1)C2. The normalized spacial score (nSPS) is 31.0. The van der Waals surface area contributed by atoms with Crippen molar-refractivity contribution in [2.75, 3.05) is 0 Å². The predicted octanol–water partition coefficient (Wildman–Crippen LogP) is 5.77. The topological polar surface area (TPSA) is 17.1 Å². The molecule has 0 fully saturated rings. The van der Waals surface area contributed by atoms with Crippen molar-refractivity contribution >= 4 is 16.6 Å². The minimum atomic E-state index is -0.0273. The maximum Gasteiger partial charge on any atom is 0.152 e. The first kappa shape index (κ1) is 15.5. The van der Waals surface area contributed by atoms with Crippen molar-refractivity contribution in [2.24, 2.45) is 11.8 Å². The Hall–Kier alpha value is -2.41. The van der Waals surface area contributed by atoms with Crippen LogP contribution in [0.5, 0.6) is 0 Å². The first-order chi connectivity index (χ1) is 13.6. The van der Waals surface area contributed by atoms with Gasteiger partial charge in [-0.25, -0.2) is 0 Å². The molecule has 4 unspecified atom stereocenters. The van der Waals surface area contributed by atoms with Crippen LogP contribution in [0.1, 0.15) is 58.1 Å². The van der Waals surface area contributed by atoms with Gasteiger partial charge in [-0.1, -0.05) is 42.0 Å². The van der Waals surface area contributed by atoms with Crippen molar-refractivity contribution in [1.82, 2.24) is 0 Å². The lowest BCUT2D eigenvalue weighted by Gasteiger charge is -2.44. The fourth-order valence-electron chi connectivity index (χ4n) is 7.30. The summed E-state index contributed by atoms with van der Waals surface area (Å²) in [5.74, 6) is 1.52. The van der Waals surface area contributed by atoms with Gasteiger partial charge in [-0.3, -0.25) is 4.79 Å². The third kappa shape index (κ3) is 1.64. The molecule has 5 aliphatic carbocycles. The molecule has 7 rings (SSSR count). The number of Topliss-reactive ketones (excluding diaryl/α,β-unsaturated/α-hetero) is 1. The van der Waals surface area contributed by atoms with Gasteiger partial charge in [0.05, 0.1) is 11.8 Å². The third-order valence-corrected chi connectivity index (χ3v) is 8.23. The molecule has 0 saturated heterocycles. The van der Waals surface area contributed by atoms with Crippen LogP contribution in [0.3, 0.4) is 0 Å². The second-order valence-corrected chi connectivity index (χ2v) is 9.64. The zero-order valence-electron chi connectivity index (χ0n) is 16.5. The fourth-order valence-corrected chi connectivity index (χ4v) is 7.30. The number of rotatable bonds is 0. The van der Waals surface area contributed by atoms with Crippen LogP contribution >= 0.6 is 0 Å². The second kappa shape index (κ2) is 4.95. The van der Waals surface area contributed by atoms with Crippen LogP contribution in [-0.2, 0) is 17.6 Å². The quantitative estimate of drug-likeness (QED) is 0.543. The summed E-state index contributed by atoms with van der Waals surface area (Å²) >= 11 is 0. The Bertz CT molecular complexity index is 1220. The summed E-state index contributed by atoms with van der Waals surface area (Å²) in [6, 6.07) is 4.80. The number of carbonyl (C=O) groups is 1.